The maximum absolute atomic E-state index is 12.2. The number of nitrogens with zero attached hydrogens (tertiary/aromatic N) is 1. The topological polar surface area (TPSA) is 49.4 Å². The van der Waals surface area contributed by atoms with Crippen molar-refractivity contribution in [2.45, 2.75) is 13.3 Å². The number of anilines is 1. The van der Waals surface area contributed by atoms with Crippen LogP contribution < -0.4 is 5.43 Å². The van der Waals surface area contributed by atoms with Gasteiger partial charge in [0.2, 0.25) is 5.91 Å². The summed E-state index contributed by atoms with van der Waals surface area (Å²) in [5, 5.41) is 8.08. The van der Waals surface area contributed by atoms with Gasteiger partial charge in [0.25, 0.3) is 5.91 Å². The van der Waals surface area contributed by atoms with Gasteiger partial charge in [0.05, 0.1) is 5.69 Å². The Morgan fingerprint density at radius 1 is 0.880 bits per heavy atom. The minimum absolute atomic E-state index is 0.171. The molecule has 1 atom stereocenters. The molecule has 0 saturated carbocycles. The molecule has 0 radical (unpaired) electrons. The highest BCUT2D eigenvalue weighted by molar-refractivity contribution is 6.25. The van der Waals surface area contributed by atoms with Crippen LogP contribution in [0.3, 0.4) is 0 Å². The predicted octanol–water partition coefficient (Wildman–Crippen LogP) is 4.31. The molecule has 1 N–H and O–H groups in total. The number of nitrogens with one attached hydrogen (secondary N) is 1. The summed E-state index contributed by atoms with van der Waals surface area (Å²) in [5.41, 5.74) is 3.84. The molecule has 2 amide bonds. The second-order valence-electron chi connectivity index (χ2n) is 6.75. The number of carbonyl (C=O) groups excluding carboxylic acids is 2. The van der Waals surface area contributed by atoms with Crippen LogP contribution in [-0.2, 0) is 9.59 Å². The van der Waals surface area contributed by atoms with Crippen LogP contribution in [0.5, 0.6) is 0 Å². The number of hydrogen-bond donors (Lipinski definition) is 1. The van der Waals surface area contributed by atoms with E-state index in [0.717, 1.165) is 26.9 Å². The lowest BCUT2D eigenvalue weighted by Gasteiger charge is -2.20. The summed E-state index contributed by atoms with van der Waals surface area (Å²) in [5.74, 6) is -0.612. The van der Waals surface area contributed by atoms with Crippen LogP contribution >= 0.6 is 0 Å². The molecule has 4 aromatic carbocycles. The first-order valence-corrected chi connectivity index (χ1v) is 8.43. The van der Waals surface area contributed by atoms with Crippen LogP contribution in [0.1, 0.15) is 13.3 Å². The lowest BCUT2D eigenvalue weighted by atomic mass is 9.94. The van der Waals surface area contributed by atoms with Crippen molar-refractivity contribution in [1.29, 1.82) is 0 Å². The summed E-state index contributed by atoms with van der Waals surface area (Å²) < 4.78 is 0. The van der Waals surface area contributed by atoms with Gasteiger partial charge < -0.3 is 0 Å². The van der Waals surface area contributed by atoms with Gasteiger partial charge in [0.15, 0.2) is 0 Å². The lowest BCUT2D eigenvalue weighted by molar-refractivity contribution is -0.137. The Kier molecular flexibility index (Phi) is 2.80. The van der Waals surface area contributed by atoms with Crippen molar-refractivity contribution >= 4 is 49.8 Å². The highest BCUT2D eigenvalue weighted by Crippen LogP contribution is 2.38. The third-order valence-electron chi connectivity index (χ3n) is 5.13. The largest absolute Gasteiger partial charge is 0.288 e. The first-order chi connectivity index (χ1) is 12.1. The van der Waals surface area contributed by atoms with Crippen LogP contribution in [0.4, 0.5) is 5.69 Å². The summed E-state index contributed by atoms with van der Waals surface area (Å²) >= 11 is 0. The molecule has 0 spiro atoms. The maximum atomic E-state index is 12.2. The van der Waals surface area contributed by atoms with Crippen LogP contribution in [0.2, 0.25) is 0 Å². The number of carbonyl (C=O) groups is 2. The Labute approximate surface area is 144 Å². The average Bonchev–Trinajstić information content (AvgIpc) is 2.87. The number of hydrogen-bond acceptors (Lipinski definition) is 3. The van der Waals surface area contributed by atoms with Gasteiger partial charge in [-0.05, 0) is 33.0 Å². The van der Waals surface area contributed by atoms with Crippen molar-refractivity contribution in [2.75, 3.05) is 5.43 Å². The van der Waals surface area contributed by atoms with E-state index in [9.17, 15) is 9.59 Å². The SMILES string of the molecule is CC1CC(=O)N(Nc2ccc3ccc4cccc5ccc2c3c45)C1=O. The monoisotopic (exact) mass is 328 g/mol. The molecule has 1 unspecified atom stereocenters. The summed E-state index contributed by atoms with van der Waals surface area (Å²) in [6.07, 6.45) is 0.262. The number of imide groups is 1. The van der Waals surface area contributed by atoms with Crippen molar-refractivity contribution in [2.24, 2.45) is 5.92 Å². The molecule has 1 aliphatic rings. The highest BCUT2D eigenvalue weighted by Gasteiger charge is 2.36. The van der Waals surface area contributed by atoms with Gasteiger partial charge in [0, 0.05) is 17.7 Å². The van der Waals surface area contributed by atoms with Crippen LogP contribution in [-0.4, -0.2) is 16.8 Å². The average molecular weight is 328 g/mol. The Hall–Kier alpha value is -3.14. The van der Waals surface area contributed by atoms with E-state index in [-0.39, 0.29) is 24.2 Å². The molecule has 1 fully saturated rings. The van der Waals surface area contributed by atoms with Gasteiger partial charge in [-0.1, -0.05) is 55.5 Å². The summed E-state index contributed by atoms with van der Waals surface area (Å²) in [4.78, 5) is 24.3. The molecule has 0 bridgehead atoms. The summed E-state index contributed by atoms with van der Waals surface area (Å²) in [7, 11) is 0. The van der Waals surface area contributed by atoms with Crippen molar-refractivity contribution in [3.8, 4) is 0 Å². The van der Waals surface area contributed by atoms with Crippen LogP contribution in [0.25, 0.3) is 32.3 Å². The van der Waals surface area contributed by atoms with Gasteiger partial charge in [-0.15, -0.1) is 0 Å². The van der Waals surface area contributed by atoms with Gasteiger partial charge in [0.1, 0.15) is 0 Å². The molecule has 5 rings (SSSR count). The summed E-state index contributed by atoms with van der Waals surface area (Å²) in [6, 6.07) is 18.6. The van der Waals surface area contributed by atoms with E-state index in [1.54, 1.807) is 6.92 Å². The van der Waals surface area contributed by atoms with E-state index in [0.29, 0.717) is 0 Å². The molecule has 0 aliphatic carbocycles. The maximum Gasteiger partial charge on any atom is 0.251 e. The number of hydrazine groups is 1. The minimum atomic E-state index is -0.264. The first kappa shape index (κ1) is 14.2. The summed E-state index contributed by atoms with van der Waals surface area (Å²) in [6.45, 7) is 1.78. The highest BCUT2D eigenvalue weighted by atomic mass is 16.2. The van der Waals surface area contributed by atoms with Gasteiger partial charge in [-0.2, -0.15) is 5.01 Å². The zero-order valence-electron chi connectivity index (χ0n) is 13.7. The van der Waals surface area contributed by atoms with E-state index in [4.69, 9.17) is 0 Å². The smallest absolute Gasteiger partial charge is 0.251 e. The zero-order valence-corrected chi connectivity index (χ0v) is 13.7. The standard InChI is InChI=1S/C21H16N2O2/c1-12-11-18(24)23(21(12)25)22-17-10-8-15-6-5-13-3-2-4-14-7-9-16(17)20(15)19(13)14/h2-10,12,22H,11H2,1H3. The van der Waals surface area contributed by atoms with Gasteiger partial charge >= 0.3 is 0 Å². The molecule has 1 aliphatic heterocycles. The third kappa shape index (κ3) is 1.94. The van der Waals surface area contributed by atoms with E-state index in [1.807, 2.05) is 12.1 Å². The normalized spacial score (nSPS) is 18.1. The van der Waals surface area contributed by atoms with Crippen LogP contribution in [0, 0.1) is 5.92 Å². The molecule has 122 valence electrons. The molecule has 1 heterocycles. The quantitative estimate of drug-likeness (QED) is 0.441. The third-order valence-corrected chi connectivity index (χ3v) is 5.13. The van der Waals surface area contributed by atoms with Crippen molar-refractivity contribution in [1.82, 2.24) is 5.01 Å². The molecule has 1 saturated heterocycles. The molecule has 4 nitrogen and oxygen atoms in total. The minimum Gasteiger partial charge on any atom is -0.288 e. The first-order valence-electron chi connectivity index (χ1n) is 8.43. The van der Waals surface area contributed by atoms with Crippen molar-refractivity contribution in [3.63, 3.8) is 0 Å². The van der Waals surface area contributed by atoms with E-state index in [2.05, 4.69) is 47.9 Å². The molecule has 0 aromatic heterocycles. The molecule has 25 heavy (non-hydrogen) atoms. The molecular weight excluding hydrogens is 312 g/mol. The van der Waals surface area contributed by atoms with Gasteiger partial charge in [-0.3, -0.25) is 15.0 Å². The molecule has 4 aromatic rings. The Bertz CT molecular complexity index is 1150. The Balaban J connectivity index is 1.74. The molecular formula is C21H16N2O2. The lowest BCUT2D eigenvalue weighted by Crippen LogP contribution is -2.35. The van der Waals surface area contributed by atoms with E-state index in [1.165, 1.54) is 16.2 Å². The fourth-order valence-corrected chi connectivity index (χ4v) is 3.85. The van der Waals surface area contributed by atoms with Crippen molar-refractivity contribution < 1.29 is 9.59 Å². The van der Waals surface area contributed by atoms with E-state index >= 15 is 0 Å². The number of rotatable bonds is 2. The number of amides is 2. The van der Waals surface area contributed by atoms with Crippen LogP contribution in [0.15, 0.2) is 54.6 Å². The fraction of sp³-hybridized carbons (Fsp3) is 0.143. The molecule has 4 heteroatoms. The predicted molar refractivity (Wildman–Crippen MR) is 99.4 cm³/mol. The Morgan fingerprint density at radius 2 is 1.52 bits per heavy atom. The second kappa shape index (κ2) is 4.93. The van der Waals surface area contributed by atoms with Gasteiger partial charge in [-0.25, -0.2) is 0 Å². The van der Waals surface area contributed by atoms with Crippen molar-refractivity contribution in [3.05, 3.63) is 54.6 Å². The fourth-order valence-electron chi connectivity index (χ4n) is 3.85. The zero-order chi connectivity index (χ0) is 17.1. The second-order valence-corrected chi connectivity index (χ2v) is 6.75. The van der Waals surface area contributed by atoms with E-state index < -0.39 is 0 Å². The Morgan fingerprint density at radius 3 is 2.20 bits per heavy atom. The number of benzene rings is 4.